The fourth-order valence-electron chi connectivity index (χ4n) is 9.96. The Hall–Kier alpha value is -9.11. The molecule has 3 aliphatic rings. The van der Waals surface area contributed by atoms with Crippen LogP contribution in [0.5, 0.6) is 5.75 Å². The number of nitrogens with zero attached hydrogens (tertiary/aromatic N) is 1. The van der Waals surface area contributed by atoms with E-state index in [-0.39, 0.29) is 96.4 Å². The van der Waals surface area contributed by atoms with Crippen molar-refractivity contribution in [3.05, 3.63) is 106 Å². The Kier molecular flexibility index (Phi) is 27.1. The summed E-state index contributed by atoms with van der Waals surface area (Å²) in [5, 5.41) is 19.5. The minimum atomic E-state index is -1.29. The second-order valence-electron chi connectivity index (χ2n) is 24.4. The number of imide groups is 1. The van der Waals surface area contributed by atoms with E-state index in [1.54, 1.807) is 76.2 Å². The number of methoxy groups -OCH3 is 1. The number of carbonyl (C=O) groups is 12. The summed E-state index contributed by atoms with van der Waals surface area (Å²) in [7, 11) is 1.48. The molecule has 0 bridgehead atoms. The summed E-state index contributed by atoms with van der Waals surface area (Å²) in [4.78, 5) is 160. The van der Waals surface area contributed by atoms with Crippen molar-refractivity contribution in [2.24, 2.45) is 28.9 Å². The Labute approximate surface area is 544 Å². The van der Waals surface area contributed by atoms with Crippen LogP contribution in [0.25, 0.3) is 0 Å². The van der Waals surface area contributed by atoms with Gasteiger partial charge in [-0.05, 0) is 104 Å². The number of halogens is 1. The van der Waals surface area contributed by atoms with Gasteiger partial charge in [0.1, 0.15) is 42.7 Å². The first kappa shape index (κ1) is 72.9. The number of hydroxylamine groups is 2. The molecule has 0 spiro atoms. The fraction of sp³-hybridized carbons (Fsp3) is 0.508. The fourth-order valence-corrected chi connectivity index (χ4v) is 10.2. The number of primary amides is 1. The van der Waals surface area contributed by atoms with Gasteiger partial charge in [0, 0.05) is 69.8 Å². The predicted octanol–water partition coefficient (Wildman–Crippen LogP) is 5.34. The zero-order valence-electron chi connectivity index (χ0n) is 53.4. The Balaban J connectivity index is 1.000. The van der Waals surface area contributed by atoms with Crippen molar-refractivity contribution in [2.75, 3.05) is 25.5 Å². The number of rotatable bonds is 27. The quantitative estimate of drug-likeness (QED) is 0.0157. The number of cyclic esters (lactones) is 2. The number of benzene rings is 3. The van der Waals surface area contributed by atoms with E-state index in [0.717, 1.165) is 11.1 Å². The standard InChI is InChI=1S/C65H84ClN9O18/c1-36(2)30-49-61(84)90-47(13-9-14-50(76)72-46(32-41-21-26-48(88-8)44(66)31-41)58(81)70-35-65(6,7)62(85)91-49)38(5)56-57(92-56)42-22-17-39(18-23-42)33-69-64(87)89-34-40-19-24-43(25-20-40)71-59(82)45(12-11-29-68-63(67)86)73-60(83)55(37(3)4)74-51(77)15-10-16-54(80)93-75-52(78)27-28-53(75)79/h9,14,17-26,31,36-38,45-47,49,55-57H,10-13,15-16,27-30,32-35H2,1-8H3,(H,69,87)(H,70,81)(H,71,82)(H,72,76)(H,73,83)(H,74,77)(H3,67,68,86)/b14-9+/t38-,45+,46+,47?,49-,55-,56+,57+/m0/s1. The lowest BCUT2D eigenvalue weighted by atomic mass is 9.92. The van der Waals surface area contributed by atoms with Crippen LogP contribution in [0.2, 0.25) is 5.02 Å². The SMILES string of the molecule is COc1ccc(C[C@H]2NC(=O)/C=C/CC([C@H](C)[C@H]3O[C@@H]3c3ccc(CNC(=O)OCc4ccc(NC(=O)[C@@H](CCCNC(N)=O)NC(=O)[C@@H](NC(=O)CCCC(=O)ON5C(=O)CCC5=O)C(C)C)cc4)cc3)OC(=O)[C@H](CC(C)C)OC(=O)C(C)(C)CNC2=O)cc1Cl. The second-order valence-corrected chi connectivity index (χ2v) is 24.8. The molecular weight excluding hydrogens is 1230 g/mol. The average Bonchev–Trinajstić information content (AvgIpc) is 1.64. The third-order valence-electron chi connectivity index (χ3n) is 15.5. The Morgan fingerprint density at radius 1 is 0.817 bits per heavy atom. The lowest BCUT2D eigenvalue weighted by Crippen LogP contribution is -2.54. The van der Waals surface area contributed by atoms with Gasteiger partial charge in [-0.1, -0.05) is 94.8 Å². The third kappa shape index (κ3) is 22.9. The highest BCUT2D eigenvalue weighted by Crippen LogP contribution is 2.45. The van der Waals surface area contributed by atoms with E-state index < -0.39 is 131 Å². The number of ether oxygens (including phenoxy) is 5. The van der Waals surface area contributed by atoms with Crippen LogP contribution in [-0.4, -0.2) is 133 Å². The van der Waals surface area contributed by atoms with Crippen LogP contribution < -0.4 is 47.7 Å². The van der Waals surface area contributed by atoms with Crippen LogP contribution in [0, 0.1) is 23.2 Å². The van der Waals surface area contributed by atoms with Crippen molar-refractivity contribution in [2.45, 2.75) is 168 Å². The Morgan fingerprint density at radius 3 is 2.14 bits per heavy atom. The topological polar surface area (TPSA) is 377 Å². The first-order valence-electron chi connectivity index (χ1n) is 30.8. The molecule has 8 atom stereocenters. The van der Waals surface area contributed by atoms with Crippen molar-refractivity contribution >= 4 is 88.7 Å². The van der Waals surface area contributed by atoms with Gasteiger partial charge in [0.2, 0.25) is 29.5 Å². The van der Waals surface area contributed by atoms with Gasteiger partial charge in [-0.25, -0.2) is 19.2 Å². The van der Waals surface area contributed by atoms with E-state index in [4.69, 9.17) is 45.9 Å². The normalized spacial score (nSPS) is 20.5. The first-order valence-corrected chi connectivity index (χ1v) is 31.2. The number of esters is 2. The summed E-state index contributed by atoms with van der Waals surface area (Å²) in [5.74, 6) is -7.16. The molecule has 0 aromatic heterocycles. The maximum absolute atomic E-state index is 14.0. The van der Waals surface area contributed by atoms with Gasteiger partial charge in [0.25, 0.3) is 11.8 Å². The smallest absolute Gasteiger partial charge is 0.407 e. The first-order chi connectivity index (χ1) is 44.1. The number of urea groups is 1. The van der Waals surface area contributed by atoms with E-state index in [9.17, 15) is 57.5 Å². The molecule has 2 fully saturated rings. The zero-order chi connectivity index (χ0) is 68.1. The number of hydrogen-bond donors (Lipinski definition) is 8. The number of epoxide rings is 1. The zero-order valence-corrected chi connectivity index (χ0v) is 54.2. The molecule has 6 rings (SSSR count). The van der Waals surface area contributed by atoms with Gasteiger partial charge >= 0.3 is 30.0 Å². The molecule has 1 unspecified atom stereocenters. The van der Waals surface area contributed by atoms with Crippen molar-refractivity contribution in [3.8, 4) is 5.75 Å². The average molecular weight is 1310 g/mol. The number of hydrogen-bond acceptors (Lipinski definition) is 18. The summed E-state index contributed by atoms with van der Waals surface area (Å²) in [6, 6.07) is 14.7. The Morgan fingerprint density at radius 2 is 1.49 bits per heavy atom. The lowest BCUT2D eigenvalue weighted by Gasteiger charge is -2.29. The molecule has 93 heavy (non-hydrogen) atoms. The maximum atomic E-state index is 14.0. The molecule has 10 amide bonds. The molecule has 2 saturated heterocycles. The summed E-state index contributed by atoms with van der Waals surface area (Å²) in [6.45, 7) is 12.1. The minimum Gasteiger partial charge on any atom is -0.495 e. The van der Waals surface area contributed by atoms with Crippen LogP contribution >= 0.6 is 11.6 Å². The molecule has 9 N–H and O–H groups in total. The number of carbonyl (C=O) groups excluding carboxylic acids is 12. The highest BCUT2D eigenvalue weighted by Gasteiger charge is 2.48. The van der Waals surface area contributed by atoms with Crippen molar-refractivity contribution in [1.82, 2.24) is 37.0 Å². The van der Waals surface area contributed by atoms with Gasteiger partial charge in [0.15, 0.2) is 6.10 Å². The van der Waals surface area contributed by atoms with Crippen molar-refractivity contribution in [3.63, 3.8) is 0 Å². The van der Waals surface area contributed by atoms with E-state index in [0.29, 0.717) is 32.6 Å². The van der Waals surface area contributed by atoms with E-state index in [1.807, 2.05) is 45.0 Å². The number of alkyl carbamates (subject to hydrolysis) is 1. The summed E-state index contributed by atoms with van der Waals surface area (Å²) >= 11 is 6.38. The van der Waals surface area contributed by atoms with Crippen LogP contribution in [0.1, 0.15) is 135 Å². The summed E-state index contributed by atoms with van der Waals surface area (Å²) < 4.78 is 28.9. The highest BCUT2D eigenvalue weighted by atomic mass is 35.5. The molecule has 3 aromatic rings. The minimum absolute atomic E-state index is 0.0121. The second kappa shape index (κ2) is 34.5. The summed E-state index contributed by atoms with van der Waals surface area (Å²) in [5.41, 5.74) is 7.03. The van der Waals surface area contributed by atoms with Gasteiger partial charge in [-0.15, -0.1) is 5.06 Å². The van der Waals surface area contributed by atoms with Gasteiger partial charge in [-0.3, -0.25) is 38.4 Å². The van der Waals surface area contributed by atoms with Gasteiger partial charge < -0.3 is 71.5 Å². The highest BCUT2D eigenvalue weighted by molar-refractivity contribution is 6.32. The van der Waals surface area contributed by atoms with Crippen molar-refractivity contribution < 1.29 is 86.1 Å². The van der Waals surface area contributed by atoms with E-state index in [2.05, 4.69) is 37.2 Å². The lowest BCUT2D eigenvalue weighted by molar-refractivity contribution is -0.197. The number of amides is 10. The van der Waals surface area contributed by atoms with Gasteiger partial charge in [-0.2, -0.15) is 0 Å². The van der Waals surface area contributed by atoms with E-state index >= 15 is 0 Å². The van der Waals surface area contributed by atoms with E-state index in [1.165, 1.54) is 13.2 Å². The molecule has 27 nitrogen and oxygen atoms in total. The van der Waals surface area contributed by atoms with Crippen molar-refractivity contribution in [1.29, 1.82) is 0 Å². The molecule has 0 radical (unpaired) electrons. The monoisotopic (exact) mass is 1310 g/mol. The third-order valence-corrected chi connectivity index (χ3v) is 15.8. The molecule has 0 saturated carbocycles. The molecular formula is C65H84ClN9O18. The molecule has 0 aliphatic carbocycles. The van der Waals surface area contributed by atoms with Crippen LogP contribution in [0.3, 0.4) is 0 Å². The van der Waals surface area contributed by atoms with Gasteiger partial charge in [0.05, 0.1) is 23.7 Å². The summed E-state index contributed by atoms with van der Waals surface area (Å²) in [6.07, 6.45) is -0.859. The molecule has 3 aliphatic heterocycles. The molecule has 3 aromatic carbocycles. The molecule has 504 valence electrons. The number of nitrogens with one attached hydrogen (secondary N) is 7. The van der Waals surface area contributed by atoms with Crippen LogP contribution in [0.4, 0.5) is 15.3 Å². The maximum Gasteiger partial charge on any atom is 0.407 e. The molecule has 3 heterocycles. The number of nitrogens with two attached hydrogens (primary N) is 1. The predicted molar refractivity (Wildman–Crippen MR) is 335 cm³/mol. The number of anilines is 1. The largest absolute Gasteiger partial charge is 0.495 e. The molecule has 28 heteroatoms. The Bertz CT molecular complexity index is 3220. The van der Waals surface area contributed by atoms with Crippen LogP contribution in [-0.2, 0) is 91.3 Å². The van der Waals surface area contributed by atoms with Crippen LogP contribution in [0.15, 0.2) is 78.9 Å².